The van der Waals surface area contributed by atoms with Crippen molar-refractivity contribution in [3.63, 3.8) is 0 Å². The van der Waals surface area contributed by atoms with Crippen LogP contribution in [0.3, 0.4) is 0 Å². The van der Waals surface area contributed by atoms with Crippen molar-refractivity contribution in [2.75, 3.05) is 23.5 Å². The third-order valence-electron chi connectivity index (χ3n) is 2.00. The second kappa shape index (κ2) is 5.42. The van der Waals surface area contributed by atoms with Crippen LogP contribution in [0, 0.1) is 0 Å². The number of rotatable bonds is 5. The first-order valence-corrected chi connectivity index (χ1v) is 7.68. The van der Waals surface area contributed by atoms with Gasteiger partial charge in [-0.1, -0.05) is 0 Å². The highest BCUT2D eigenvalue weighted by Gasteiger charge is 2.12. The Balaban J connectivity index is 2.73. The van der Waals surface area contributed by atoms with Gasteiger partial charge in [0, 0.05) is 5.69 Å². The van der Waals surface area contributed by atoms with Gasteiger partial charge in [0.1, 0.15) is 0 Å². The van der Waals surface area contributed by atoms with Crippen molar-refractivity contribution >= 4 is 27.3 Å². The summed E-state index contributed by atoms with van der Waals surface area (Å²) in [6.07, 6.45) is 2.66. The van der Waals surface area contributed by atoms with Crippen molar-refractivity contribution < 1.29 is 8.42 Å². The highest BCUT2D eigenvalue weighted by Crippen LogP contribution is 2.14. The molecule has 0 aliphatic carbocycles. The zero-order chi connectivity index (χ0) is 11.3. The van der Waals surface area contributed by atoms with Gasteiger partial charge in [-0.25, -0.2) is 8.42 Å². The number of hydrogen-bond acceptors (Lipinski definition) is 4. The lowest BCUT2D eigenvalue weighted by Gasteiger charge is -2.03. The van der Waals surface area contributed by atoms with E-state index < -0.39 is 9.84 Å². The fourth-order valence-electron chi connectivity index (χ4n) is 1.19. The Kier molecular flexibility index (Phi) is 4.47. The minimum Gasteiger partial charge on any atom is -0.399 e. The summed E-state index contributed by atoms with van der Waals surface area (Å²) in [6.45, 7) is 0. The highest BCUT2D eigenvalue weighted by molar-refractivity contribution is 7.98. The predicted octanol–water partition coefficient (Wildman–Crippen LogP) is 1.80. The van der Waals surface area contributed by atoms with Crippen LogP contribution in [0.25, 0.3) is 0 Å². The van der Waals surface area contributed by atoms with Crippen molar-refractivity contribution in [2.24, 2.45) is 0 Å². The molecule has 0 aliphatic heterocycles. The van der Waals surface area contributed by atoms with E-state index in [4.69, 9.17) is 5.73 Å². The second-order valence-corrected chi connectivity index (χ2v) is 6.33. The van der Waals surface area contributed by atoms with Crippen molar-refractivity contribution in [1.82, 2.24) is 0 Å². The molecule has 1 aromatic carbocycles. The third kappa shape index (κ3) is 3.76. The monoisotopic (exact) mass is 245 g/mol. The number of nitrogen functional groups attached to an aromatic ring is 1. The summed E-state index contributed by atoms with van der Waals surface area (Å²) < 4.78 is 23.5. The molecule has 5 heteroatoms. The van der Waals surface area contributed by atoms with E-state index in [1.54, 1.807) is 36.0 Å². The number of benzene rings is 1. The van der Waals surface area contributed by atoms with Crippen LogP contribution in [0.4, 0.5) is 5.69 Å². The van der Waals surface area contributed by atoms with Gasteiger partial charge in [-0.05, 0) is 42.7 Å². The molecule has 0 saturated carbocycles. The maximum absolute atomic E-state index is 11.8. The Hall–Kier alpha value is -0.680. The van der Waals surface area contributed by atoms with Crippen LogP contribution >= 0.6 is 11.8 Å². The molecule has 0 heterocycles. The Morgan fingerprint density at radius 3 is 2.40 bits per heavy atom. The van der Waals surface area contributed by atoms with Crippen molar-refractivity contribution in [3.05, 3.63) is 24.3 Å². The first-order valence-electron chi connectivity index (χ1n) is 4.63. The summed E-state index contributed by atoms with van der Waals surface area (Å²) in [5.41, 5.74) is 6.07. The molecule has 1 rings (SSSR count). The molecule has 0 aliphatic rings. The summed E-state index contributed by atoms with van der Waals surface area (Å²) in [7, 11) is -3.12. The van der Waals surface area contributed by atoms with Gasteiger partial charge < -0.3 is 5.73 Å². The standard InChI is InChI=1S/C10H15NO2S2/c1-14-7-2-8-15(12,13)10-5-3-9(11)4-6-10/h3-6H,2,7-8,11H2,1H3. The average molecular weight is 245 g/mol. The Morgan fingerprint density at radius 2 is 1.87 bits per heavy atom. The van der Waals surface area contributed by atoms with Crippen molar-refractivity contribution in [1.29, 1.82) is 0 Å². The van der Waals surface area contributed by atoms with Crippen LogP contribution in [-0.4, -0.2) is 26.2 Å². The Bertz CT molecular complexity index is 398. The van der Waals surface area contributed by atoms with Crippen molar-refractivity contribution in [2.45, 2.75) is 11.3 Å². The maximum atomic E-state index is 11.8. The molecule has 0 aromatic heterocycles. The minimum atomic E-state index is -3.12. The fraction of sp³-hybridized carbons (Fsp3) is 0.400. The van der Waals surface area contributed by atoms with Crippen LogP contribution in [0.2, 0.25) is 0 Å². The molecular formula is C10H15NO2S2. The van der Waals surface area contributed by atoms with Gasteiger partial charge in [0.05, 0.1) is 10.6 Å². The molecule has 84 valence electrons. The molecule has 0 saturated heterocycles. The molecule has 0 bridgehead atoms. The van der Waals surface area contributed by atoms with Crippen LogP contribution in [-0.2, 0) is 9.84 Å². The summed E-state index contributed by atoms with van der Waals surface area (Å²) >= 11 is 1.66. The Labute approximate surface area is 95.0 Å². The van der Waals surface area contributed by atoms with Crippen LogP contribution in [0.5, 0.6) is 0 Å². The summed E-state index contributed by atoms with van der Waals surface area (Å²) in [6, 6.07) is 6.34. The molecule has 0 atom stereocenters. The third-order valence-corrected chi connectivity index (χ3v) is 4.51. The molecular weight excluding hydrogens is 230 g/mol. The SMILES string of the molecule is CSCCCS(=O)(=O)c1ccc(N)cc1. The zero-order valence-corrected chi connectivity index (χ0v) is 10.3. The molecule has 1 aromatic rings. The van der Waals surface area contributed by atoms with Gasteiger partial charge >= 0.3 is 0 Å². The van der Waals surface area contributed by atoms with Gasteiger partial charge in [-0.15, -0.1) is 0 Å². The van der Waals surface area contributed by atoms with E-state index in [0.29, 0.717) is 17.0 Å². The van der Waals surface area contributed by atoms with E-state index >= 15 is 0 Å². The maximum Gasteiger partial charge on any atom is 0.178 e. The molecule has 0 spiro atoms. The number of anilines is 1. The molecule has 0 fully saturated rings. The van der Waals surface area contributed by atoms with Gasteiger partial charge in [0.2, 0.25) is 0 Å². The predicted molar refractivity (Wildman–Crippen MR) is 65.9 cm³/mol. The van der Waals surface area contributed by atoms with E-state index in [0.717, 1.165) is 5.75 Å². The number of hydrogen-bond donors (Lipinski definition) is 1. The van der Waals surface area contributed by atoms with Gasteiger partial charge in [0.25, 0.3) is 0 Å². The molecule has 2 N–H and O–H groups in total. The normalized spacial score (nSPS) is 11.5. The number of nitrogens with two attached hydrogens (primary N) is 1. The van der Waals surface area contributed by atoms with Gasteiger partial charge in [0.15, 0.2) is 9.84 Å². The first-order chi connectivity index (χ1) is 7.06. The van der Waals surface area contributed by atoms with Crippen LogP contribution in [0.15, 0.2) is 29.2 Å². The zero-order valence-electron chi connectivity index (χ0n) is 8.64. The van der Waals surface area contributed by atoms with E-state index in [2.05, 4.69) is 0 Å². The lowest BCUT2D eigenvalue weighted by atomic mass is 10.3. The van der Waals surface area contributed by atoms with E-state index in [1.807, 2.05) is 6.26 Å². The molecule has 0 radical (unpaired) electrons. The highest BCUT2D eigenvalue weighted by atomic mass is 32.2. The topological polar surface area (TPSA) is 60.2 Å². The first kappa shape index (κ1) is 12.4. The smallest absolute Gasteiger partial charge is 0.178 e. The number of thioether (sulfide) groups is 1. The Morgan fingerprint density at radius 1 is 1.27 bits per heavy atom. The summed E-state index contributed by atoms with van der Waals surface area (Å²) in [5.74, 6) is 1.08. The summed E-state index contributed by atoms with van der Waals surface area (Å²) in [4.78, 5) is 0.359. The minimum absolute atomic E-state index is 0.206. The molecule has 0 amide bonds. The van der Waals surface area contributed by atoms with E-state index in [1.165, 1.54) is 0 Å². The van der Waals surface area contributed by atoms with Crippen molar-refractivity contribution in [3.8, 4) is 0 Å². The summed E-state index contributed by atoms with van der Waals surface area (Å²) in [5, 5.41) is 0. The quantitative estimate of drug-likeness (QED) is 0.634. The lowest BCUT2D eigenvalue weighted by Crippen LogP contribution is -2.07. The fourth-order valence-corrected chi connectivity index (χ4v) is 3.11. The van der Waals surface area contributed by atoms with E-state index in [9.17, 15) is 8.42 Å². The van der Waals surface area contributed by atoms with Crippen LogP contribution < -0.4 is 5.73 Å². The van der Waals surface area contributed by atoms with Gasteiger partial charge in [-0.3, -0.25) is 0 Å². The van der Waals surface area contributed by atoms with E-state index in [-0.39, 0.29) is 5.75 Å². The average Bonchev–Trinajstić information content (AvgIpc) is 2.18. The molecule has 3 nitrogen and oxygen atoms in total. The molecule has 15 heavy (non-hydrogen) atoms. The molecule has 0 unspecified atom stereocenters. The largest absolute Gasteiger partial charge is 0.399 e. The number of sulfone groups is 1. The van der Waals surface area contributed by atoms with Gasteiger partial charge in [-0.2, -0.15) is 11.8 Å². The van der Waals surface area contributed by atoms with Crippen LogP contribution in [0.1, 0.15) is 6.42 Å². The second-order valence-electron chi connectivity index (χ2n) is 3.23. The lowest BCUT2D eigenvalue weighted by molar-refractivity contribution is 0.595.